The van der Waals surface area contributed by atoms with Gasteiger partial charge in [0.2, 0.25) is 5.95 Å². The fraction of sp³-hybridized carbons (Fsp3) is 0.444. The number of aromatic nitrogens is 4. The normalized spacial score (nSPS) is 15.0. The van der Waals surface area contributed by atoms with Crippen LogP contribution in [0.5, 0.6) is 0 Å². The van der Waals surface area contributed by atoms with Gasteiger partial charge in [-0.15, -0.1) is 0 Å². The van der Waals surface area contributed by atoms with E-state index in [1.54, 1.807) is 6.20 Å². The minimum absolute atomic E-state index is 0.614. The first-order chi connectivity index (χ1) is 13.8. The quantitative estimate of drug-likeness (QED) is 0.488. The van der Waals surface area contributed by atoms with E-state index in [1.807, 2.05) is 25.2 Å². The molecule has 3 aromatic heterocycles. The summed E-state index contributed by atoms with van der Waals surface area (Å²) in [5.41, 5.74) is 1.84. The number of ether oxygens (including phenoxy) is 1. The van der Waals surface area contributed by atoms with Gasteiger partial charge in [0, 0.05) is 45.0 Å². The van der Waals surface area contributed by atoms with Gasteiger partial charge in [0.1, 0.15) is 16.2 Å². The Morgan fingerprint density at radius 1 is 1.18 bits per heavy atom. The molecule has 0 atom stereocenters. The highest BCUT2D eigenvalue weighted by molar-refractivity contribution is 7.21. The highest BCUT2D eigenvalue weighted by atomic mass is 32.1. The molecule has 1 fully saturated rings. The maximum Gasteiger partial charge on any atom is 0.224 e. The van der Waals surface area contributed by atoms with Crippen LogP contribution in [0, 0.1) is 0 Å². The van der Waals surface area contributed by atoms with E-state index in [2.05, 4.69) is 40.8 Å². The molecule has 28 heavy (non-hydrogen) atoms. The van der Waals surface area contributed by atoms with Crippen molar-refractivity contribution in [2.45, 2.75) is 6.54 Å². The summed E-state index contributed by atoms with van der Waals surface area (Å²) in [7, 11) is 1.92. The van der Waals surface area contributed by atoms with E-state index in [0.29, 0.717) is 5.95 Å². The number of likely N-dealkylation sites (N-methyl/N-ethyl adjacent to an activating group) is 1. The number of nitrogens with one attached hydrogen (secondary N) is 3. The smallest absolute Gasteiger partial charge is 0.224 e. The number of rotatable bonds is 8. The molecule has 1 aliphatic rings. The van der Waals surface area contributed by atoms with Gasteiger partial charge in [-0.25, -0.2) is 15.0 Å². The average Bonchev–Trinajstić information content (AvgIpc) is 3.11. The van der Waals surface area contributed by atoms with Crippen LogP contribution in [0.2, 0.25) is 0 Å². The minimum atomic E-state index is 0.614. The van der Waals surface area contributed by atoms with Crippen LogP contribution in [0.15, 0.2) is 24.4 Å². The summed E-state index contributed by atoms with van der Waals surface area (Å²) >= 11 is 1.51. The largest absolute Gasteiger partial charge is 0.379 e. The molecule has 0 unspecified atom stereocenters. The van der Waals surface area contributed by atoms with E-state index in [9.17, 15) is 0 Å². The molecular weight excluding hydrogens is 376 g/mol. The van der Waals surface area contributed by atoms with Crippen LogP contribution < -0.4 is 16.0 Å². The van der Waals surface area contributed by atoms with Crippen LogP contribution in [0.1, 0.15) is 5.69 Å². The lowest BCUT2D eigenvalue weighted by Crippen LogP contribution is -2.36. The molecule has 3 aromatic rings. The second kappa shape index (κ2) is 9.20. The van der Waals surface area contributed by atoms with Crippen molar-refractivity contribution >= 4 is 38.6 Å². The molecule has 1 saturated heterocycles. The highest BCUT2D eigenvalue weighted by Gasteiger charge is 2.14. The van der Waals surface area contributed by atoms with E-state index in [1.165, 1.54) is 11.3 Å². The van der Waals surface area contributed by atoms with Crippen molar-refractivity contribution < 1.29 is 4.74 Å². The number of hydrogen-bond acceptors (Lipinski definition) is 10. The summed E-state index contributed by atoms with van der Waals surface area (Å²) in [6.45, 7) is 5.72. The Morgan fingerprint density at radius 3 is 2.89 bits per heavy atom. The Balaban J connectivity index is 1.54. The Morgan fingerprint density at radius 2 is 2.07 bits per heavy atom. The van der Waals surface area contributed by atoms with E-state index < -0.39 is 0 Å². The fourth-order valence-corrected chi connectivity index (χ4v) is 3.76. The van der Waals surface area contributed by atoms with Gasteiger partial charge in [0.15, 0.2) is 5.13 Å². The first kappa shape index (κ1) is 18.9. The first-order valence-corrected chi connectivity index (χ1v) is 10.2. The lowest BCUT2D eigenvalue weighted by molar-refractivity contribution is 0.0336. The third kappa shape index (κ3) is 4.90. The molecule has 9 nitrogen and oxygen atoms in total. The van der Waals surface area contributed by atoms with Gasteiger partial charge in [-0.3, -0.25) is 4.90 Å². The molecule has 0 bridgehead atoms. The summed E-state index contributed by atoms with van der Waals surface area (Å²) in [6, 6.07) is 5.83. The zero-order valence-electron chi connectivity index (χ0n) is 15.8. The summed E-state index contributed by atoms with van der Waals surface area (Å²) in [5.74, 6) is 1.34. The maximum absolute atomic E-state index is 5.44. The number of pyridine rings is 1. The molecule has 1 aliphatic heterocycles. The molecule has 148 valence electrons. The van der Waals surface area contributed by atoms with Gasteiger partial charge in [-0.1, -0.05) is 11.3 Å². The van der Waals surface area contributed by atoms with Crippen molar-refractivity contribution in [3.63, 3.8) is 0 Å². The zero-order chi connectivity index (χ0) is 19.2. The molecule has 10 heteroatoms. The van der Waals surface area contributed by atoms with E-state index in [-0.39, 0.29) is 0 Å². The van der Waals surface area contributed by atoms with Crippen molar-refractivity contribution in [2.75, 3.05) is 57.1 Å². The van der Waals surface area contributed by atoms with Crippen LogP contribution in [-0.2, 0) is 11.3 Å². The lowest BCUT2D eigenvalue weighted by Gasteiger charge is -2.26. The standard InChI is InChI=1S/C18H24N8OS/c1-19-5-6-21-17-22-13(12-26-7-9-27-10-8-26)11-15(24-17)25-18-23-14-3-2-4-20-16(14)28-18/h2-4,11,19H,5-10,12H2,1H3,(H2,21,22,23,24,25). The number of hydrogen-bond donors (Lipinski definition) is 3. The first-order valence-electron chi connectivity index (χ1n) is 9.35. The van der Waals surface area contributed by atoms with E-state index >= 15 is 0 Å². The maximum atomic E-state index is 5.44. The molecule has 3 N–H and O–H groups in total. The van der Waals surface area contributed by atoms with Crippen molar-refractivity contribution in [1.82, 2.24) is 30.2 Å². The van der Waals surface area contributed by atoms with Crippen molar-refractivity contribution in [1.29, 1.82) is 0 Å². The van der Waals surface area contributed by atoms with E-state index in [4.69, 9.17) is 4.74 Å². The summed E-state index contributed by atoms with van der Waals surface area (Å²) in [5, 5.41) is 10.5. The average molecular weight is 401 g/mol. The predicted octanol–water partition coefficient (Wildman–Crippen LogP) is 1.69. The van der Waals surface area contributed by atoms with Crippen LogP contribution in [-0.4, -0.2) is 71.3 Å². The molecule has 0 radical (unpaired) electrons. The van der Waals surface area contributed by atoms with Crippen molar-refractivity contribution in [2.24, 2.45) is 0 Å². The minimum Gasteiger partial charge on any atom is -0.379 e. The topological polar surface area (TPSA) is 100 Å². The Kier molecular flexibility index (Phi) is 6.22. The number of nitrogens with zero attached hydrogens (tertiary/aromatic N) is 5. The van der Waals surface area contributed by atoms with Crippen LogP contribution in [0.3, 0.4) is 0 Å². The SMILES string of the molecule is CNCCNc1nc(CN2CCOCC2)cc(Nc2nc3cccnc3s2)n1. The van der Waals surface area contributed by atoms with Crippen LogP contribution in [0.4, 0.5) is 16.9 Å². The number of thiazole rings is 1. The Hall–Kier alpha value is -2.40. The third-order valence-corrected chi connectivity index (χ3v) is 5.22. The summed E-state index contributed by atoms with van der Waals surface area (Å²) in [6.07, 6.45) is 1.78. The molecule has 0 saturated carbocycles. The second-order valence-electron chi connectivity index (χ2n) is 6.46. The monoisotopic (exact) mass is 400 g/mol. The molecule has 4 heterocycles. The molecule has 0 amide bonds. The van der Waals surface area contributed by atoms with Crippen molar-refractivity contribution in [3.8, 4) is 0 Å². The highest BCUT2D eigenvalue weighted by Crippen LogP contribution is 2.26. The number of anilines is 3. The molecular formula is C18H24N8OS. The van der Waals surface area contributed by atoms with Gasteiger partial charge in [0.25, 0.3) is 0 Å². The second-order valence-corrected chi connectivity index (χ2v) is 7.44. The van der Waals surface area contributed by atoms with Crippen molar-refractivity contribution in [3.05, 3.63) is 30.1 Å². The van der Waals surface area contributed by atoms with Crippen LogP contribution in [0.25, 0.3) is 10.3 Å². The molecule has 4 rings (SSSR count). The molecule has 0 spiro atoms. The summed E-state index contributed by atoms with van der Waals surface area (Å²) in [4.78, 5) is 21.5. The van der Waals surface area contributed by atoms with Gasteiger partial charge >= 0.3 is 0 Å². The lowest BCUT2D eigenvalue weighted by atomic mass is 10.3. The molecule has 0 aliphatic carbocycles. The summed E-state index contributed by atoms with van der Waals surface area (Å²) < 4.78 is 5.44. The van der Waals surface area contributed by atoms with Gasteiger partial charge in [-0.2, -0.15) is 4.98 Å². The number of fused-ring (bicyclic) bond motifs is 1. The van der Waals surface area contributed by atoms with Crippen LogP contribution >= 0.6 is 11.3 Å². The fourth-order valence-electron chi connectivity index (χ4n) is 2.94. The van der Waals surface area contributed by atoms with E-state index in [0.717, 1.165) is 72.9 Å². The zero-order valence-corrected chi connectivity index (χ0v) is 16.6. The predicted molar refractivity (Wildman–Crippen MR) is 111 cm³/mol. The Labute approximate surface area is 167 Å². The third-order valence-electron chi connectivity index (χ3n) is 4.33. The Bertz CT molecular complexity index is 878. The molecule has 0 aromatic carbocycles. The van der Waals surface area contributed by atoms with Gasteiger partial charge < -0.3 is 20.7 Å². The van der Waals surface area contributed by atoms with Gasteiger partial charge in [-0.05, 0) is 19.2 Å². The number of morpholine rings is 1. The van der Waals surface area contributed by atoms with Gasteiger partial charge in [0.05, 0.1) is 18.9 Å².